The van der Waals surface area contributed by atoms with Gasteiger partial charge in [0, 0.05) is 6.20 Å². The first kappa shape index (κ1) is 16.5. The minimum absolute atomic E-state index is 0.0929. The maximum Gasteiger partial charge on any atom is 0.151 e. The van der Waals surface area contributed by atoms with Crippen molar-refractivity contribution in [3.63, 3.8) is 0 Å². The molecule has 126 valence electrons. The number of fused-ring (bicyclic) bond motifs is 1. The number of nitrogens with two attached hydrogens (primary N) is 1. The largest absolute Gasteiger partial charge is 0.390 e. The molecule has 2 heterocycles. The fourth-order valence-electron chi connectivity index (χ4n) is 3.24. The Balaban J connectivity index is 1.78. The number of nitrogens with zero attached hydrogens (tertiary/aromatic N) is 3. The molecule has 4 N–H and O–H groups in total. The molecule has 0 aliphatic heterocycles. The van der Waals surface area contributed by atoms with Crippen molar-refractivity contribution in [2.75, 3.05) is 17.2 Å². The molecule has 1 aliphatic carbocycles. The summed E-state index contributed by atoms with van der Waals surface area (Å²) in [4.78, 5) is 8.35. The minimum Gasteiger partial charge on any atom is -0.390 e. The van der Waals surface area contributed by atoms with Crippen LogP contribution in [-0.2, 0) is 0 Å². The van der Waals surface area contributed by atoms with E-state index in [1.807, 2.05) is 22.4 Å². The zero-order valence-electron chi connectivity index (χ0n) is 13.5. The first-order valence-corrected chi connectivity index (χ1v) is 9.15. The van der Waals surface area contributed by atoms with Gasteiger partial charge in [0.2, 0.25) is 0 Å². The Morgan fingerprint density at radius 3 is 2.87 bits per heavy atom. The van der Waals surface area contributed by atoms with E-state index in [4.69, 9.17) is 5.73 Å². The van der Waals surface area contributed by atoms with Gasteiger partial charge in [0.05, 0.1) is 24.0 Å². The molecule has 0 radical (unpaired) electrons. The fourth-order valence-corrected chi connectivity index (χ4v) is 4.49. The molecule has 7 heteroatoms. The minimum atomic E-state index is -0.786. The lowest BCUT2D eigenvalue weighted by molar-refractivity contribution is 0.0104. The van der Waals surface area contributed by atoms with Crippen LogP contribution in [0, 0.1) is 11.8 Å². The molecule has 1 fully saturated rings. The Kier molecular flexibility index (Phi) is 4.79. The van der Waals surface area contributed by atoms with Crippen LogP contribution in [0.25, 0.3) is 11.0 Å². The van der Waals surface area contributed by atoms with E-state index in [2.05, 4.69) is 23.8 Å². The molecule has 23 heavy (non-hydrogen) atoms. The van der Waals surface area contributed by atoms with Gasteiger partial charge in [0.25, 0.3) is 0 Å². The summed E-state index contributed by atoms with van der Waals surface area (Å²) in [6.45, 7) is 4.37. The molecular formula is C16H24N4O2S. The molecule has 4 atom stereocenters. The van der Waals surface area contributed by atoms with Crippen LogP contribution in [0.15, 0.2) is 18.6 Å². The van der Waals surface area contributed by atoms with Crippen molar-refractivity contribution >= 4 is 28.6 Å². The monoisotopic (exact) mass is 336 g/mol. The molecule has 2 aromatic heterocycles. The van der Waals surface area contributed by atoms with Gasteiger partial charge in [-0.05, 0) is 35.8 Å². The van der Waals surface area contributed by atoms with E-state index >= 15 is 0 Å². The van der Waals surface area contributed by atoms with E-state index in [9.17, 15) is 10.2 Å². The second kappa shape index (κ2) is 6.67. The number of thioether (sulfide) groups is 1. The highest BCUT2D eigenvalue weighted by atomic mass is 32.2. The Morgan fingerprint density at radius 1 is 1.35 bits per heavy atom. The fraction of sp³-hybridized carbons (Fsp3) is 0.625. The summed E-state index contributed by atoms with van der Waals surface area (Å²) >= 11 is 1.84. The second-order valence-electron chi connectivity index (χ2n) is 6.69. The van der Waals surface area contributed by atoms with Crippen LogP contribution in [0.4, 0.5) is 5.82 Å². The third-order valence-corrected chi connectivity index (χ3v) is 6.00. The van der Waals surface area contributed by atoms with E-state index in [1.165, 1.54) is 0 Å². The summed E-state index contributed by atoms with van der Waals surface area (Å²) in [7, 11) is 0. The molecule has 0 saturated heterocycles. The van der Waals surface area contributed by atoms with E-state index in [1.54, 1.807) is 12.5 Å². The van der Waals surface area contributed by atoms with E-state index in [0.29, 0.717) is 17.3 Å². The molecule has 0 spiro atoms. The molecule has 0 unspecified atom stereocenters. The van der Waals surface area contributed by atoms with Gasteiger partial charge in [-0.25, -0.2) is 9.97 Å². The topological polar surface area (TPSA) is 97.2 Å². The number of anilines is 1. The quantitative estimate of drug-likeness (QED) is 0.769. The van der Waals surface area contributed by atoms with Gasteiger partial charge < -0.3 is 20.5 Å². The second-order valence-corrected chi connectivity index (χ2v) is 7.77. The number of aromatic nitrogens is 3. The van der Waals surface area contributed by atoms with Crippen molar-refractivity contribution in [3.8, 4) is 0 Å². The number of aliphatic hydroxyl groups excluding tert-OH is 2. The maximum absolute atomic E-state index is 10.5. The summed E-state index contributed by atoms with van der Waals surface area (Å²) in [6.07, 6.45) is 2.58. The Morgan fingerprint density at radius 2 is 2.13 bits per heavy atom. The molecule has 0 aromatic carbocycles. The molecule has 2 aromatic rings. The zero-order chi connectivity index (χ0) is 16.6. The highest BCUT2D eigenvalue weighted by Gasteiger charge is 2.42. The van der Waals surface area contributed by atoms with E-state index < -0.39 is 12.2 Å². The van der Waals surface area contributed by atoms with Gasteiger partial charge in [-0.15, -0.1) is 0 Å². The molecule has 3 rings (SSSR count). The molecule has 0 amide bonds. The van der Waals surface area contributed by atoms with Crippen molar-refractivity contribution in [1.29, 1.82) is 0 Å². The van der Waals surface area contributed by atoms with Gasteiger partial charge in [-0.2, -0.15) is 11.8 Å². The average molecular weight is 336 g/mol. The summed E-state index contributed by atoms with van der Waals surface area (Å²) < 4.78 is 1.92. The van der Waals surface area contributed by atoms with Gasteiger partial charge in [-0.1, -0.05) is 13.8 Å². The normalized spacial score (nSPS) is 28.0. The van der Waals surface area contributed by atoms with Crippen LogP contribution in [0.3, 0.4) is 0 Å². The zero-order valence-corrected chi connectivity index (χ0v) is 14.3. The lowest BCUT2D eigenvalue weighted by atomic mass is 10.1. The first-order valence-electron chi connectivity index (χ1n) is 8.00. The number of hydrogen-bond donors (Lipinski definition) is 3. The molecule has 1 saturated carbocycles. The Hall–Kier alpha value is -1.31. The molecule has 1 aliphatic rings. The Bertz CT molecular complexity index is 675. The standard InChI is InChI=1S/C16H24N4O2S/c1-9(2)6-23-7-10-5-12(15(22)14(10)21)20-8-19-13-11(20)3-4-18-16(13)17/h3-4,8-10,12,14-15,21-22H,5-7H2,1-2H3,(H2,17,18)/t10-,12-,14-,15+/m1/s1. The predicted molar refractivity (Wildman–Crippen MR) is 93.3 cm³/mol. The number of imidazole rings is 1. The highest BCUT2D eigenvalue weighted by Crippen LogP contribution is 2.39. The van der Waals surface area contributed by atoms with Crippen molar-refractivity contribution in [3.05, 3.63) is 18.6 Å². The summed E-state index contributed by atoms with van der Waals surface area (Å²) in [5.74, 6) is 3.05. The van der Waals surface area contributed by atoms with Gasteiger partial charge in [0.1, 0.15) is 11.6 Å². The smallest absolute Gasteiger partial charge is 0.151 e. The lowest BCUT2D eigenvalue weighted by Crippen LogP contribution is -2.30. The van der Waals surface area contributed by atoms with Crippen molar-refractivity contribution in [1.82, 2.24) is 14.5 Å². The number of rotatable bonds is 5. The van der Waals surface area contributed by atoms with Crippen LogP contribution in [0.2, 0.25) is 0 Å². The van der Waals surface area contributed by atoms with Gasteiger partial charge >= 0.3 is 0 Å². The lowest BCUT2D eigenvalue weighted by Gasteiger charge is -2.18. The number of hydrogen-bond acceptors (Lipinski definition) is 6. The van der Waals surface area contributed by atoms with Crippen LogP contribution in [0.5, 0.6) is 0 Å². The summed E-state index contributed by atoms with van der Waals surface area (Å²) in [5.41, 5.74) is 7.35. The van der Waals surface area contributed by atoms with E-state index in [-0.39, 0.29) is 12.0 Å². The summed E-state index contributed by atoms with van der Waals surface area (Å²) in [5, 5.41) is 20.9. The van der Waals surface area contributed by atoms with Crippen molar-refractivity contribution < 1.29 is 10.2 Å². The van der Waals surface area contributed by atoms with Crippen LogP contribution >= 0.6 is 11.8 Å². The van der Waals surface area contributed by atoms with Gasteiger partial charge in [0.15, 0.2) is 5.82 Å². The number of aliphatic hydroxyl groups is 2. The van der Waals surface area contributed by atoms with Crippen LogP contribution in [-0.4, -0.2) is 48.5 Å². The summed E-state index contributed by atoms with van der Waals surface area (Å²) in [6, 6.07) is 1.67. The highest BCUT2D eigenvalue weighted by molar-refractivity contribution is 7.99. The average Bonchev–Trinajstić information content (AvgIpc) is 3.04. The third kappa shape index (κ3) is 3.18. The van der Waals surface area contributed by atoms with Gasteiger partial charge in [-0.3, -0.25) is 0 Å². The van der Waals surface area contributed by atoms with Crippen LogP contribution < -0.4 is 5.73 Å². The Labute approximate surface area is 140 Å². The number of pyridine rings is 1. The molecule has 6 nitrogen and oxygen atoms in total. The maximum atomic E-state index is 10.5. The van der Waals surface area contributed by atoms with Crippen LogP contribution in [0.1, 0.15) is 26.3 Å². The van der Waals surface area contributed by atoms with Crippen molar-refractivity contribution in [2.45, 2.75) is 38.5 Å². The number of nitrogen functional groups attached to an aromatic ring is 1. The molecule has 0 bridgehead atoms. The molecular weight excluding hydrogens is 312 g/mol. The van der Waals surface area contributed by atoms with E-state index in [0.717, 1.165) is 23.4 Å². The third-order valence-electron chi connectivity index (χ3n) is 4.43. The predicted octanol–water partition coefficient (Wildman–Crippen LogP) is 1.69. The SMILES string of the molecule is CC(C)CSC[C@H]1C[C@@H](n2cnc3c(N)nccc32)[C@H](O)[C@@H]1O. The first-order chi connectivity index (χ1) is 11.0. The van der Waals surface area contributed by atoms with Crippen molar-refractivity contribution in [2.24, 2.45) is 11.8 Å².